The molecule has 0 atom stereocenters. The first-order valence-corrected chi connectivity index (χ1v) is 11.1. The van der Waals surface area contributed by atoms with Gasteiger partial charge in [0.05, 0.1) is 17.0 Å². The third-order valence-corrected chi connectivity index (χ3v) is 5.68. The Hall–Kier alpha value is -2.46. The first kappa shape index (κ1) is 23.2. The maximum absolute atomic E-state index is 13.6. The summed E-state index contributed by atoms with van der Waals surface area (Å²) in [5.41, 5.74) is 3.45. The van der Waals surface area contributed by atoms with Crippen molar-refractivity contribution in [1.82, 2.24) is 0 Å². The first-order valence-electron chi connectivity index (χ1n) is 10.8. The Kier molecular flexibility index (Phi) is 6.16. The van der Waals surface area contributed by atoms with Crippen molar-refractivity contribution in [2.75, 3.05) is 5.01 Å². The molecule has 0 N–H and O–H groups in total. The van der Waals surface area contributed by atoms with Crippen molar-refractivity contribution in [3.8, 4) is 0 Å². The second kappa shape index (κ2) is 8.23. The van der Waals surface area contributed by atoms with E-state index in [4.69, 9.17) is 11.6 Å². The van der Waals surface area contributed by atoms with E-state index >= 15 is 0 Å². The summed E-state index contributed by atoms with van der Waals surface area (Å²) in [6.07, 6.45) is 5.30. The number of carbonyl (C=O) groups is 2. The lowest BCUT2D eigenvalue weighted by molar-refractivity contribution is -0.115. The Bertz CT molecular complexity index is 1020. The highest BCUT2D eigenvalue weighted by Crippen LogP contribution is 2.41. The summed E-state index contributed by atoms with van der Waals surface area (Å²) in [7, 11) is 0. The number of Topliss-reactive ketones (excluding diaryl/α,β-unsaturated/α-hetero) is 1. The third kappa shape index (κ3) is 4.59. The number of ketones is 1. The average molecular weight is 439 g/mol. The molecule has 3 rings (SSSR count). The molecule has 1 aliphatic carbocycles. The molecule has 2 aliphatic rings. The van der Waals surface area contributed by atoms with Crippen LogP contribution < -0.4 is 5.01 Å². The van der Waals surface area contributed by atoms with Crippen LogP contribution in [0.25, 0.3) is 0 Å². The maximum Gasteiger partial charge on any atom is 0.281 e. The largest absolute Gasteiger partial charge is 0.289 e. The second-order valence-corrected chi connectivity index (χ2v) is 10.6. The Balaban J connectivity index is 2.24. The molecule has 164 valence electrons. The fraction of sp³-hybridized carbons (Fsp3) is 0.423. The van der Waals surface area contributed by atoms with Crippen molar-refractivity contribution in [2.24, 2.45) is 15.9 Å². The minimum absolute atomic E-state index is 0.0514. The monoisotopic (exact) mass is 438 g/mol. The van der Waals surface area contributed by atoms with Crippen LogP contribution in [0.3, 0.4) is 0 Å². The van der Waals surface area contributed by atoms with Gasteiger partial charge in [-0.25, -0.2) is 0 Å². The van der Waals surface area contributed by atoms with Crippen LogP contribution in [0, 0.1) is 10.8 Å². The smallest absolute Gasteiger partial charge is 0.281 e. The van der Waals surface area contributed by atoms with Crippen molar-refractivity contribution in [2.45, 2.75) is 61.3 Å². The van der Waals surface area contributed by atoms with Crippen molar-refractivity contribution in [3.63, 3.8) is 0 Å². The van der Waals surface area contributed by atoms with Crippen LogP contribution >= 0.6 is 11.6 Å². The van der Waals surface area contributed by atoms with Crippen LogP contribution in [0.1, 0.15) is 61.3 Å². The van der Waals surface area contributed by atoms with Crippen molar-refractivity contribution in [1.29, 1.82) is 0 Å². The van der Waals surface area contributed by atoms with Gasteiger partial charge in [0.1, 0.15) is 0 Å². The zero-order valence-electron chi connectivity index (χ0n) is 19.5. The summed E-state index contributed by atoms with van der Waals surface area (Å²) in [6, 6.07) is 7.13. The summed E-state index contributed by atoms with van der Waals surface area (Å²) in [4.78, 5) is 26.9. The van der Waals surface area contributed by atoms with Crippen LogP contribution in [0.2, 0.25) is 5.02 Å². The predicted octanol–water partition coefficient (Wildman–Crippen LogP) is 6.67. The summed E-state index contributed by atoms with van der Waals surface area (Å²) in [6.45, 7) is 14.2. The number of anilines is 1. The minimum Gasteiger partial charge on any atom is -0.289 e. The van der Waals surface area contributed by atoms with Gasteiger partial charge in [0, 0.05) is 16.2 Å². The van der Waals surface area contributed by atoms with Crippen LogP contribution in [-0.4, -0.2) is 17.4 Å². The van der Waals surface area contributed by atoms with Crippen LogP contribution in [0.15, 0.2) is 63.8 Å². The van der Waals surface area contributed by atoms with E-state index in [0.29, 0.717) is 33.9 Å². The Morgan fingerprint density at radius 3 is 2.03 bits per heavy atom. The Labute approximate surface area is 190 Å². The normalized spacial score (nSPS) is 17.8. The highest BCUT2D eigenvalue weighted by atomic mass is 35.5. The maximum atomic E-state index is 13.6. The van der Waals surface area contributed by atoms with E-state index in [1.54, 1.807) is 18.2 Å². The van der Waals surface area contributed by atoms with Gasteiger partial charge in [-0.1, -0.05) is 72.6 Å². The van der Waals surface area contributed by atoms with Crippen molar-refractivity contribution < 1.29 is 9.59 Å². The summed E-state index contributed by atoms with van der Waals surface area (Å²) in [5.74, 6) is -0.139. The highest BCUT2D eigenvalue weighted by Gasteiger charge is 2.38. The zero-order valence-corrected chi connectivity index (χ0v) is 20.2. The van der Waals surface area contributed by atoms with Crippen LogP contribution in [0.4, 0.5) is 5.69 Å². The van der Waals surface area contributed by atoms with Gasteiger partial charge >= 0.3 is 0 Å². The lowest BCUT2D eigenvalue weighted by atomic mass is 9.71. The minimum atomic E-state index is -0.343. The third-order valence-electron chi connectivity index (χ3n) is 5.45. The second-order valence-electron chi connectivity index (χ2n) is 10.2. The number of rotatable bonds is 3. The van der Waals surface area contributed by atoms with Gasteiger partial charge in [0.25, 0.3) is 5.91 Å². The van der Waals surface area contributed by atoms with E-state index in [0.717, 1.165) is 17.7 Å². The van der Waals surface area contributed by atoms with Gasteiger partial charge in [0.15, 0.2) is 5.78 Å². The zero-order chi connectivity index (χ0) is 23.1. The number of hydrogen-bond donors (Lipinski definition) is 0. The van der Waals surface area contributed by atoms with Crippen LogP contribution in [0.5, 0.6) is 0 Å². The van der Waals surface area contributed by atoms with Gasteiger partial charge in [0.2, 0.25) is 0 Å². The molecule has 1 amide bonds. The Morgan fingerprint density at radius 1 is 0.968 bits per heavy atom. The fourth-order valence-electron chi connectivity index (χ4n) is 3.82. The molecule has 1 aromatic rings. The number of benzene rings is 1. The molecule has 0 saturated carbocycles. The summed E-state index contributed by atoms with van der Waals surface area (Å²) < 4.78 is 0. The molecule has 1 aliphatic heterocycles. The molecule has 1 aromatic carbocycles. The molecule has 0 aromatic heterocycles. The molecule has 0 spiro atoms. The quantitative estimate of drug-likeness (QED) is 0.495. The fourth-order valence-corrected chi connectivity index (χ4v) is 4.00. The lowest BCUT2D eigenvalue weighted by Crippen LogP contribution is -2.29. The molecule has 0 fully saturated rings. The number of hydrogen-bond acceptors (Lipinski definition) is 3. The van der Waals surface area contributed by atoms with Gasteiger partial charge in [-0.3, -0.25) is 9.59 Å². The van der Waals surface area contributed by atoms with Crippen molar-refractivity contribution in [3.05, 3.63) is 63.7 Å². The van der Waals surface area contributed by atoms with E-state index in [9.17, 15) is 9.59 Å². The van der Waals surface area contributed by atoms with E-state index < -0.39 is 0 Å². The number of nitrogens with zero attached hydrogens (tertiary/aromatic N) is 2. The van der Waals surface area contributed by atoms with E-state index in [1.165, 1.54) is 5.01 Å². The van der Waals surface area contributed by atoms with Gasteiger partial charge < -0.3 is 0 Å². The molecule has 31 heavy (non-hydrogen) atoms. The van der Waals surface area contributed by atoms with Gasteiger partial charge in [-0.05, 0) is 53.2 Å². The highest BCUT2D eigenvalue weighted by molar-refractivity contribution is 6.33. The van der Waals surface area contributed by atoms with Gasteiger partial charge in [-0.2, -0.15) is 10.1 Å². The number of carbonyl (C=O) groups excluding carboxylic acids is 2. The average Bonchev–Trinajstić information content (AvgIpc) is 2.96. The molecule has 0 bridgehead atoms. The summed E-state index contributed by atoms with van der Waals surface area (Å²) >= 11 is 6.15. The molecule has 0 radical (unpaired) electrons. The summed E-state index contributed by atoms with van der Waals surface area (Å²) in [5, 5.41) is 6.63. The number of allylic oxidation sites excluding steroid dienone is 5. The molecule has 5 heteroatoms. The molecular formula is C26H31ClN2O2. The SMILES string of the molecule is CCCC1=NN(c2cccc(Cl)c2)C(=O)C1=C1C=C(C(C)(C)C)C(=O)C(C(C)(C)C)=C1. The molecular weight excluding hydrogens is 408 g/mol. The van der Waals surface area contributed by atoms with Crippen LogP contribution in [-0.2, 0) is 9.59 Å². The topological polar surface area (TPSA) is 49.7 Å². The molecule has 0 unspecified atom stereocenters. The molecule has 1 heterocycles. The Morgan fingerprint density at radius 2 is 1.55 bits per heavy atom. The lowest BCUT2D eigenvalue weighted by Gasteiger charge is -2.31. The number of amides is 1. The first-order chi connectivity index (χ1) is 14.3. The number of hydrazone groups is 1. The van der Waals surface area contributed by atoms with E-state index in [-0.39, 0.29) is 22.5 Å². The number of halogens is 1. The standard InChI is InChI=1S/C26H31ClN2O2/c1-8-10-21-22(24(31)29(28-21)18-12-9-11-17(27)15-18)16-13-19(25(2,3)4)23(30)20(14-16)26(5,6)7/h9,11-15H,8,10H2,1-7H3. The van der Waals surface area contributed by atoms with E-state index in [2.05, 4.69) is 12.0 Å². The van der Waals surface area contributed by atoms with Gasteiger partial charge in [-0.15, -0.1) is 0 Å². The predicted molar refractivity (Wildman–Crippen MR) is 128 cm³/mol. The van der Waals surface area contributed by atoms with E-state index in [1.807, 2.05) is 59.8 Å². The van der Waals surface area contributed by atoms with Crippen molar-refractivity contribution >= 4 is 34.7 Å². The molecule has 0 saturated heterocycles. The molecule has 4 nitrogen and oxygen atoms in total.